The molecule has 20 heavy (non-hydrogen) atoms. The molecule has 6 nitrogen and oxygen atoms in total. The molecule has 2 amide bonds. The fourth-order valence-corrected chi connectivity index (χ4v) is 2.07. The van der Waals surface area contributed by atoms with Gasteiger partial charge in [0.05, 0.1) is 10.6 Å². The van der Waals surface area contributed by atoms with E-state index >= 15 is 0 Å². The van der Waals surface area contributed by atoms with Crippen molar-refractivity contribution in [3.8, 4) is 0 Å². The van der Waals surface area contributed by atoms with Gasteiger partial charge in [0.1, 0.15) is 0 Å². The van der Waals surface area contributed by atoms with Crippen LogP contribution in [0.2, 0.25) is 0 Å². The summed E-state index contributed by atoms with van der Waals surface area (Å²) in [6, 6.07) is 12.6. The van der Waals surface area contributed by atoms with Crippen molar-refractivity contribution >= 4 is 45.7 Å². The molecule has 0 saturated heterocycles. The minimum Gasteiger partial charge on any atom is -0.307 e. The molecule has 0 spiro atoms. The summed E-state index contributed by atoms with van der Waals surface area (Å²) >= 11 is 2.11. The number of anilines is 2. The lowest BCUT2D eigenvalue weighted by Crippen LogP contribution is -2.19. The van der Waals surface area contributed by atoms with Crippen LogP contribution in [-0.2, 0) is 0 Å². The standard InChI is InChI=1S/C13H10IN3O3/c14-11-6-1-2-7-12(11)16-13(18)15-9-4-3-5-10(8-9)17(19)20/h1-8H,(H2,15,16,18). The fraction of sp³-hybridized carbons (Fsp3) is 0. The molecule has 0 saturated carbocycles. The Morgan fingerprint density at radius 3 is 2.55 bits per heavy atom. The normalized spacial score (nSPS) is 9.85. The van der Waals surface area contributed by atoms with Crippen molar-refractivity contribution in [2.45, 2.75) is 0 Å². The maximum atomic E-state index is 11.8. The number of para-hydroxylation sites is 1. The van der Waals surface area contributed by atoms with Crippen molar-refractivity contribution in [1.29, 1.82) is 0 Å². The smallest absolute Gasteiger partial charge is 0.307 e. The lowest BCUT2D eigenvalue weighted by molar-refractivity contribution is -0.384. The molecule has 0 aliphatic rings. The minimum absolute atomic E-state index is 0.0721. The first-order chi connectivity index (χ1) is 9.56. The number of amides is 2. The second-order valence-corrected chi connectivity index (χ2v) is 5.03. The first-order valence-corrected chi connectivity index (χ1v) is 6.71. The number of hydrogen-bond acceptors (Lipinski definition) is 3. The van der Waals surface area contributed by atoms with Crippen molar-refractivity contribution in [1.82, 2.24) is 0 Å². The van der Waals surface area contributed by atoms with Gasteiger partial charge in [0, 0.05) is 21.4 Å². The first kappa shape index (κ1) is 14.3. The summed E-state index contributed by atoms with van der Waals surface area (Å²) in [5, 5.41) is 15.9. The van der Waals surface area contributed by atoms with E-state index in [1.807, 2.05) is 18.2 Å². The Bertz CT molecular complexity index is 661. The summed E-state index contributed by atoms with van der Waals surface area (Å²) in [6.07, 6.45) is 0. The molecule has 0 aliphatic carbocycles. The highest BCUT2D eigenvalue weighted by Crippen LogP contribution is 2.19. The highest BCUT2D eigenvalue weighted by atomic mass is 127. The largest absolute Gasteiger partial charge is 0.323 e. The van der Waals surface area contributed by atoms with Crippen molar-refractivity contribution in [3.05, 3.63) is 62.2 Å². The molecule has 2 aromatic rings. The first-order valence-electron chi connectivity index (χ1n) is 5.63. The predicted molar refractivity (Wildman–Crippen MR) is 84.9 cm³/mol. The average molecular weight is 383 g/mol. The van der Waals surface area contributed by atoms with Gasteiger partial charge in [-0.2, -0.15) is 0 Å². The van der Waals surface area contributed by atoms with Crippen molar-refractivity contribution in [3.63, 3.8) is 0 Å². The molecule has 0 fully saturated rings. The molecule has 0 aromatic heterocycles. The van der Waals surface area contributed by atoms with Gasteiger partial charge in [-0.05, 0) is 40.8 Å². The number of nitro groups is 1. The van der Waals surface area contributed by atoms with Crippen LogP contribution in [0.1, 0.15) is 0 Å². The maximum Gasteiger partial charge on any atom is 0.323 e. The van der Waals surface area contributed by atoms with E-state index in [0.717, 1.165) is 3.57 Å². The summed E-state index contributed by atoms with van der Waals surface area (Å²) in [4.78, 5) is 22.0. The number of nitro benzene ring substituents is 1. The van der Waals surface area contributed by atoms with E-state index in [0.29, 0.717) is 11.4 Å². The van der Waals surface area contributed by atoms with Crippen molar-refractivity contribution < 1.29 is 9.72 Å². The number of carbonyl (C=O) groups is 1. The monoisotopic (exact) mass is 383 g/mol. The summed E-state index contributed by atoms with van der Waals surface area (Å²) < 4.78 is 0.902. The SMILES string of the molecule is O=C(Nc1cccc([N+](=O)[O-])c1)Nc1ccccc1I. The Hall–Kier alpha value is -2.16. The summed E-state index contributed by atoms with van der Waals surface area (Å²) in [7, 11) is 0. The van der Waals surface area contributed by atoms with Gasteiger partial charge in [0.2, 0.25) is 0 Å². The summed E-state index contributed by atoms with van der Waals surface area (Å²) in [5.41, 5.74) is 0.968. The lowest BCUT2D eigenvalue weighted by Gasteiger charge is -2.08. The van der Waals surface area contributed by atoms with E-state index < -0.39 is 11.0 Å². The van der Waals surface area contributed by atoms with Crippen LogP contribution < -0.4 is 10.6 Å². The van der Waals surface area contributed by atoms with E-state index in [1.54, 1.807) is 12.1 Å². The zero-order valence-electron chi connectivity index (χ0n) is 10.2. The molecule has 102 valence electrons. The highest BCUT2D eigenvalue weighted by molar-refractivity contribution is 14.1. The predicted octanol–water partition coefficient (Wildman–Crippen LogP) is 3.84. The molecular formula is C13H10IN3O3. The second-order valence-electron chi connectivity index (χ2n) is 3.87. The van der Waals surface area contributed by atoms with Gasteiger partial charge in [-0.1, -0.05) is 18.2 Å². The van der Waals surface area contributed by atoms with Gasteiger partial charge >= 0.3 is 6.03 Å². The molecule has 0 atom stereocenters. The topological polar surface area (TPSA) is 84.3 Å². The molecule has 0 heterocycles. The van der Waals surface area contributed by atoms with Crippen LogP contribution in [0.4, 0.5) is 21.9 Å². The van der Waals surface area contributed by atoms with Gasteiger partial charge in [-0.3, -0.25) is 10.1 Å². The van der Waals surface area contributed by atoms with E-state index in [1.165, 1.54) is 18.2 Å². The Morgan fingerprint density at radius 2 is 1.85 bits per heavy atom. The van der Waals surface area contributed by atoms with Crippen LogP contribution in [0.15, 0.2) is 48.5 Å². The van der Waals surface area contributed by atoms with Crippen LogP contribution in [0.3, 0.4) is 0 Å². The number of halogens is 1. The third-order valence-electron chi connectivity index (χ3n) is 2.44. The van der Waals surface area contributed by atoms with Crippen LogP contribution in [0.5, 0.6) is 0 Å². The number of carbonyl (C=O) groups excluding carboxylic acids is 1. The summed E-state index contributed by atoms with van der Waals surface area (Å²) in [6.45, 7) is 0. The van der Waals surface area contributed by atoms with Gasteiger partial charge in [0.15, 0.2) is 0 Å². The quantitative estimate of drug-likeness (QED) is 0.480. The number of rotatable bonds is 3. The average Bonchev–Trinajstić information content (AvgIpc) is 2.41. The van der Waals surface area contributed by atoms with Gasteiger partial charge in [-0.25, -0.2) is 4.79 Å². The number of non-ortho nitro benzene ring substituents is 1. The van der Waals surface area contributed by atoms with Crippen LogP contribution >= 0.6 is 22.6 Å². The number of hydrogen-bond donors (Lipinski definition) is 2. The second kappa shape index (κ2) is 6.33. The third kappa shape index (κ3) is 3.67. The molecule has 2 rings (SSSR count). The Morgan fingerprint density at radius 1 is 1.10 bits per heavy atom. The van der Waals surface area contributed by atoms with E-state index in [4.69, 9.17) is 0 Å². The van der Waals surface area contributed by atoms with E-state index in [9.17, 15) is 14.9 Å². The molecule has 2 aromatic carbocycles. The maximum absolute atomic E-state index is 11.8. The Balaban J connectivity index is 2.07. The number of nitrogens with zero attached hydrogens (tertiary/aromatic N) is 1. The lowest BCUT2D eigenvalue weighted by atomic mass is 10.3. The Labute approximate surface area is 128 Å². The molecule has 0 radical (unpaired) electrons. The van der Waals surface area contributed by atoms with Gasteiger partial charge in [-0.15, -0.1) is 0 Å². The fourth-order valence-electron chi connectivity index (χ4n) is 1.54. The molecule has 0 bridgehead atoms. The zero-order valence-corrected chi connectivity index (χ0v) is 12.3. The summed E-state index contributed by atoms with van der Waals surface area (Å²) in [5.74, 6) is 0. The molecule has 7 heteroatoms. The van der Waals surface area contributed by atoms with Crippen LogP contribution in [-0.4, -0.2) is 11.0 Å². The number of benzene rings is 2. The molecule has 2 N–H and O–H groups in total. The highest BCUT2D eigenvalue weighted by Gasteiger charge is 2.09. The zero-order chi connectivity index (χ0) is 14.5. The Kier molecular flexibility index (Phi) is 4.51. The minimum atomic E-state index is -0.511. The van der Waals surface area contributed by atoms with E-state index in [-0.39, 0.29) is 5.69 Å². The van der Waals surface area contributed by atoms with Gasteiger partial charge < -0.3 is 10.6 Å². The number of nitrogens with one attached hydrogen (secondary N) is 2. The van der Waals surface area contributed by atoms with Gasteiger partial charge in [0.25, 0.3) is 5.69 Å². The van der Waals surface area contributed by atoms with Crippen LogP contribution in [0.25, 0.3) is 0 Å². The third-order valence-corrected chi connectivity index (χ3v) is 3.38. The molecule has 0 aliphatic heterocycles. The number of urea groups is 1. The van der Waals surface area contributed by atoms with Crippen LogP contribution in [0, 0.1) is 13.7 Å². The van der Waals surface area contributed by atoms with Crippen molar-refractivity contribution in [2.24, 2.45) is 0 Å². The van der Waals surface area contributed by atoms with E-state index in [2.05, 4.69) is 33.2 Å². The molecular weight excluding hydrogens is 373 g/mol. The van der Waals surface area contributed by atoms with Crippen molar-refractivity contribution in [2.75, 3.05) is 10.6 Å². The molecule has 0 unspecified atom stereocenters.